The summed E-state index contributed by atoms with van der Waals surface area (Å²) in [5.41, 5.74) is 0. The van der Waals surface area contributed by atoms with Gasteiger partial charge in [-0.3, -0.25) is 4.79 Å². The maximum absolute atomic E-state index is 10.3. The lowest BCUT2D eigenvalue weighted by molar-refractivity contribution is -0.120. The lowest BCUT2D eigenvalue weighted by Gasteiger charge is -1.77. The van der Waals surface area contributed by atoms with Gasteiger partial charge in [-0.15, -0.1) is 0 Å². The van der Waals surface area contributed by atoms with Crippen LogP contribution in [-0.4, -0.2) is 18.9 Å². The Labute approximate surface area is 57.7 Å². The molecule has 0 unspecified atom stereocenters. The average molecular weight is 148 g/mol. The third-order valence-electron chi connectivity index (χ3n) is 0.922. The molecule has 2 aliphatic rings. The van der Waals surface area contributed by atoms with E-state index < -0.39 is 6.29 Å². The Morgan fingerprint density at radius 2 is 2.00 bits per heavy atom. The molecule has 0 bridgehead atoms. The lowest BCUT2D eigenvalue weighted by Crippen LogP contribution is -2.02. The highest BCUT2D eigenvalue weighted by Gasteiger charge is 2.32. The van der Waals surface area contributed by atoms with Gasteiger partial charge in [0.2, 0.25) is 6.79 Å². The summed E-state index contributed by atoms with van der Waals surface area (Å²) in [6.45, 7) is 2.27. The van der Waals surface area contributed by atoms with E-state index in [1.54, 1.807) is 6.92 Å². The fraction of sp³-hybridized carbons (Fsp3) is 0.800. The second kappa shape index (κ2) is 3.62. The Hall–Kier alpha value is -0.490. The van der Waals surface area contributed by atoms with Crippen molar-refractivity contribution in [2.24, 2.45) is 0 Å². The van der Waals surface area contributed by atoms with Crippen LogP contribution in [-0.2, 0) is 24.3 Å². The standard InChI is InChI=1S/C4H6O3.CH2O2/c1-2-3(5)4-6-7-4;1-2-3-1/h4H,2H2,1H3;1H2. The van der Waals surface area contributed by atoms with Crippen molar-refractivity contribution in [1.29, 1.82) is 0 Å². The second-order valence-corrected chi connectivity index (χ2v) is 1.70. The van der Waals surface area contributed by atoms with Gasteiger partial charge in [0.05, 0.1) is 0 Å². The van der Waals surface area contributed by atoms with Gasteiger partial charge in [-0.05, 0) is 0 Å². The van der Waals surface area contributed by atoms with Gasteiger partial charge in [0.15, 0.2) is 5.78 Å². The number of carbonyl (C=O) groups excluding carboxylic acids is 1. The van der Waals surface area contributed by atoms with Crippen LogP contribution in [0.4, 0.5) is 0 Å². The van der Waals surface area contributed by atoms with Crippen LogP contribution in [0.5, 0.6) is 0 Å². The number of carbonyl (C=O) groups is 1. The molecule has 58 valence electrons. The molecule has 0 N–H and O–H groups in total. The van der Waals surface area contributed by atoms with E-state index in [-0.39, 0.29) is 5.78 Å². The Morgan fingerprint density at radius 3 is 2.10 bits per heavy atom. The van der Waals surface area contributed by atoms with Gasteiger partial charge < -0.3 is 0 Å². The molecule has 0 radical (unpaired) electrons. The molecule has 0 aliphatic carbocycles. The summed E-state index contributed by atoms with van der Waals surface area (Å²) in [4.78, 5) is 26.7. The molecule has 0 atom stereocenters. The van der Waals surface area contributed by atoms with Crippen LogP contribution in [0.15, 0.2) is 0 Å². The molecule has 2 saturated heterocycles. The maximum Gasteiger partial charge on any atom is 0.281 e. The molecule has 2 heterocycles. The molecule has 0 aromatic carbocycles. The third kappa shape index (κ3) is 3.52. The summed E-state index contributed by atoms with van der Waals surface area (Å²) in [5.74, 6) is 0.0139. The van der Waals surface area contributed by atoms with E-state index >= 15 is 0 Å². The smallest absolute Gasteiger partial charge is 0.281 e. The molecule has 10 heavy (non-hydrogen) atoms. The predicted octanol–water partition coefficient (Wildman–Crippen LogP) is 0.159. The molecule has 2 aliphatic heterocycles. The maximum atomic E-state index is 10.3. The first-order valence-electron chi connectivity index (χ1n) is 2.94. The summed E-state index contributed by atoms with van der Waals surface area (Å²) in [6.07, 6.45) is -0.0324. The summed E-state index contributed by atoms with van der Waals surface area (Å²) in [7, 11) is 0. The van der Waals surface area contributed by atoms with Crippen molar-refractivity contribution in [3.05, 3.63) is 0 Å². The number of hydrogen-bond acceptors (Lipinski definition) is 5. The first-order valence-corrected chi connectivity index (χ1v) is 2.94. The molecular weight excluding hydrogens is 140 g/mol. The first-order chi connectivity index (χ1) is 4.84. The van der Waals surface area contributed by atoms with Crippen LogP contribution < -0.4 is 0 Å². The van der Waals surface area contributed by atoms with E-state index in [9.17, 15) is 4.79 Å². The minimum absolute atomic E-state index is 0.0139. The van der Waals surface area contributed by atoms with E-state index in [1.165, 1.54) is 0 Å². The first kappa shape index (κ1) is 7.62. The van der Waals surface area contributed by atoms with E-state index in [2.05, 4.69) is 19.6 Å². The molecular formula is C5H8O5. The highest BCUT2D eigenvalue weighted by molar-refractivity contribution is 5.82. The zero-order chi connectivity index (χ0) is 7.40. The van der Waals surface area contributed by atoms with Gasteiger partial charge in [-0.2, -0.15) is 9.78 Å². The number of hydrogen-bond donors (Lipinski definition) is 0. The molecule has 0 saturated carbocycles. The number of rotatable bonds is 2. The highest BCUT2D eigenvalue weighted by atomic mass is 17.4. The van der Waals surface area contributed by atoms with Gasteiger partial charge in [0.1, 0.15) is 0 Å². The third-order valence-corrected chi connectivity index (χ3v) is 0.922. The van der Waals surface area contributed by atoms with Crippen LogP contribution >= 0.6 is 0 Å². The molecule has 0 aromatic rings. The lowest BCUT2D eigenvalue weighted by atomic mass is 10.3. The van der Waals surface area contributed by atoms with Crippen molar-refractivity contribution in [2.45, 2.75) is 19.6 Å². The Morgan fingerprint density at radius 1 is 1.50 bits per heavy atom. The zero-order valence-electron chi connectivity index (χ0n) is 5.53. The molecule has 5 nitrogen and oxygen atoms in total. The minimum atomic E-state index is -0.523. The van der Waals surface area contributed by atoms with Gasteiger partial charge >= 0.3 is 0 Å². The summed E-state index contributed by atoms with van der Waals surface area (Å²) >= 11 is 0. The minimum Gasteiger partial charge on any atom is -0.294 e. The van der Waals surface area contributed by atoms with Crippen molar-refractivity contribution in [3.63, 3.8) is 0 Å². The molecule has 0 spiro atoms. The quantitative estimate of drug-likeness (QED) is 0.412. The topological polar surface area (TPSA) is 67.2 Å². The molecule has 0 amide bonds. The van der Waals surface area contributed by atoms with Gasteiger partial charge in [-0.1, -0.05) is 6.92 Å². The van der Waals surface area contributed by atoms with Crippen LogP contribution in [0, 0.1) is 0 Å². The highest BCUT2D eigenvalue weighted by Crippen LogP contribution is 2.13. The average Bonchev–Trinajstić information content (AvgIpc) is 2.67. The van der Waals surface area contributed by atoms with E-state index in [4.69, 9.17) is 0 Å². The fourth-order valence-electron chi connectivity index (χ4n) is 0.302. The molecule has 2 fully saturated rings. The van der Waals surface area contributed by atoms with Gasteiger partial charge in [0, 0.05) is 6.42 Å². The second-order valence-electron chi connectivity index (χ2n) is 1.70. The van der Waals surface area contributed by atoms with Crippen molar-refractivity contribution < 1.29 is 24.3 Å². The number of Topliss-reactive ketones (excluding diaryl/α,β-unsaturated/α-hetero) is 1. The van der Waals surface area contributed by atoms with Crippen molar-refractivity contribution in [2.75, 3.05) is 6.79 Å². The van der Waals surface area contributed by atoms with E-state index in [0.29, 0.717) is 13.2 Å². The van der Waals surface area contributed by atoms with Crippen LogP contribution in [0.1, 0.15) is 13.3 Å². The van der Waals surface area contributed by atoms with Crippen molar-refractivity contribution >= 4 is 5.78 Å². The molecule has 0 aromatic heterocycles. The summed E-state index contributed by atoms with van der Waals surface area (Å²) in [6, 6.07) is 0. The zero-order valence-corrected chi connectivity index (χ0v) is 5.53. The normalized spacial score (nSPS) is 20.9. The van der Waals surface area contributed by atoms with Crippen molar-refractivity contribution in [1.82, 2.24) is 0 Å². The van der Waals surface area contributed by atoms with Crippen LogP contribution in [0.3, 0.4) is 0 Å². The predicted molar refractivity (Wildman–Crippen MR) is 28.3 cm³/mol. The SMILES string of the molecule is C1OO1.CCC(=O)C1OO1. The molecule has 5 heteroatoms. The van der Waals surface area contributed by atoms with Crippen LogP contribution in [0.25, 0.3) is 0 Å². The summed E-state index contributed by atoms with van der Waals surface area (Å²) < 4.78 is 0. The van der Waals surface area contributed by atoms with Gasteiger partial charge in [-0.25, -0.2) is 9.78 Å². The van der Waals surface area contributed by atoms with Gasteiger partial charge in [0.25, 0.3) is 6.29 Å². The Balaban J connectivity index is 0.000000138. The fourth-order valence-corrected chi connectivity index (χ4v) is 0.302. The summed E-state index contributed by atoms with van der Waals surface area (Å²) in [5, 5.41) is 0. The Bertz CT molecular complexity index is 114. The van der Waals surface area contributed by atoms with Crippen molar-refractivity contribution in [3.8, 4) is 0 Å². The Kier molecular flexibility index (Phi) is 2.76. The monoisotopic (exact) mass is 148 g/mol. The van der Waals surface area contributed by atoms with E-state index in [0.717, 1.165) is 0 Å². The van der Waals surface area contributed by atoms with Crippen LogP contribution in [0.2, 0.25) is 0 Å². The number of ketones is 1. The molecule has 2 rings (SSSR count). The largest absolute Gasteiger partial charge is 0.294 e. The van der Waals surface area contributed by atoms with E-state index in [1.807, 2.05) is 0 Å².